The van der Waals surface area contributed by atoms with E-state index in [2.05, 4.69) is 20.3 Å². The van der Waals surface area contributed by atoms with E-state index in [-0.39, 0.29) is 29.5 Å². The van der Waals surface area contributed by atoms with Crippen LogP contribution in [-0.4, -0.2) is 52.0 Å². The van der Waals surface area contributed by atoms with Gasteiger partial charge in [-0.3, -0.25) is 0 Å². The predicted molar refractivity (Wildman–Crippen MR) is 115 cm³/mol. The van der Waals surface area contributed by atoms with Gasteiger partial charge in [0.25, 0.3) is 16.4 Å². The maximum absolute atomic E-state index is 14.6. The zero-order chi connectivity index (χ0) is 23.9. The first-order valence-corrected chi connectivity index (χ1v) is 11.7. The maximum Gasteiger partial charge on any atom is 0.266 e. The van der Waals surface area contributed by atoms with E-state index in [1.165, 1.54) is 24.4 Å². The number of rotatable bonds is 6. The van der Waals surface area contributed by atoms with Crippen LogP contribution >= 0.6 is 0 Å². The standard InChI is InChI=1S/C21H22F3N5O3S/c1-11(14-4-3-5-15(19(14)22)20(23)24)26-21-16-8-18(25-9-17(16)27-12(2)28-21)33(31,32)29-7-6-13(30)10-29/h3-5,8-9,11,13,20,30H,6-7,10H2,1-2H3,(H,26,27,28)/t11-,13+/m1/s1. The Morgan fingerprint density at radius 2 is 1.97 bits per heavy atom. The van der Waals surface area contributed by atoms with E-state index in [1.807, 2.05) is 0 Å². The molecule has 8 nitrogen and oxygen atoms in total. The van der Waals surface area contributed by atoms with Gasteiger partial charge in [-0.15, -0.1) is 0 Å². The number of aryl methyl sites for hydroxylation is 1. The van der Waals surface area contributed by atoms with Gasteiger partial charge in [0.15, 0.2) is 5.03 Å². The summed E-state index contributed by atoms with van der Waals surface area (Å²) in [6.45, 7) is 3.37. The highest BCUT2D eigenvalue weighted by Gasteiger charge is 2.33. The average molecular weight is 482 g/mol. The number of aliphatic hydroxyl groups excluding tert-OH is 1. The molecule has 3 heterocycles. The van der Waals surface area contributed by atoms with Crippen LogP contribution in [0.1, 0.15) is 42.8 Å². The van der Waals surface area contributed by atoms with Crippen molar-refractivity contribution in [3.8, 4) is 0 Å². The molecule has 0 radical (unpaired) electrons. The Labute approximate surface area is 188 Å². The van der Waals surface area contributed by atoms with Gasteiger partial charge in [0.1, 0.15) is 17.5 Å². The molecule has 3 aromatic rings. The molecule has 1 aliphatic heterocycles. The first kappa shape index (κ1) is 23.3. The highest BCUT2D eigenvalue weighted by molar-refractivity contribution is 7.89. The molecule has 176 valence electrons. The van der Waals surface area contributed by atoms with Gasteiger partial charge in [0.2, 0.25) is 0 Å². The number of hydrogen-bond donors (Lipinski definition) is 2. The molecule has 1 aliphatic rings. The summed E-state index contributed by atoms with van der Waals surface area (Å²) >= 11 is 0. The van der Waals surface area contributed by atoms with Gasteiger partial charge >= 0.3 is 0 Å². The largest absolute Gasteiger partial charge is 0.392 e. The number of sulfonamides is 1. The minimum Gasteiger partial charge on any atom is -0.392 e. The van der Waals surface area contributed by atoms with Crippen LogP contribution in [0.5, 0.6) is 0 Å². The molecule has 0 bridgehead atoms. The molecule has 2 atom stereocenters. The molecule has 0 spiro atoms. The number of benzene rings is 1. The highest BCUT2D eigenvalue weighted by atomic mass is 32.2. The van der Waals surface area contributed by atoms with Crippen LogP contribution in [0.15, 0.2) is 35.5 Å². The number of halogens is 3. The van der Waals surface area contributed by atoms with E-state index in [9.17, 15) is 26.7 Å². The van der Waals surface area contributed by atoms with Gasteiger partial charge < -0.3 is 10.4 Å². The summed E-state index contributed by atoms with van der Waals surface area (Å²) in [5.74, 6) is -0.439. The first-order chi connectivity index (χ1) is 15.6. The molecule has 0 saturated carbocycles. The fraction of sp³-hybridized carbons (Fsp3) is 0.381. The lowest BCUT2D eigenvalue weighted by atomic mass is 10.0. The Morgan fingerprint density at radius 3 is 2.64 bits per heavy atom. The second-order valence-electron chi connectivity index (χ2n) is 7.88. The summed E-state index contributed by atoms with van der Waals surface area (Å²) in [5.41, 5.74) is -0.320. The van der Waals surface area contributed by atoms with Crippen molar-refractivity contribution in [2.75, 3.05) is 18.4 Å². The van der Waals surface area contributed by atoms with Crippen LogP contribution in [0.25, 0.3) is 10.9 Å². The summed E-state index contributed by atoms with van der Waals surface area (Å²) in [5, 5.41) is 12.8. The summed E-state index contributed by atoms with van der Waals surface area (Å²) in [4.78, 5) is 12.6. The molecule has 0 aliphatic carbocycles. The van der Waals surface area contributed by atoms with Gasteiger partial charge in [-0.1, -0.05) is 18.2 Å². The lowest BCUT2D eigenvalue weighted by Crippen LogP contribution is -2.30. The molecule has 1 fully saturated rings. The first-order valence-electron chi connectivity index (χ1n) is 10.2. The summed E-state index contributed by atoms with van der Waals surface area (Å²) < 4.78 is 67.9. The third kappa shape index (κ3) is 4.50. The number of aromatic nitrogens is 3. The number of alkyl halides is 2. The van der Waals surface area contributed by atoms with Crippen molar-refractivity contribution in [3.05, 3.63) is 53.2 Å². The van der Waals surface area contributed by atoms with E-state index in [1.54, 1.807) is 13.8 Å². The third-order valence-corrected chi connectivity index (χ3v) is 7.28. The Hall–Kier alpha value is -2.83. The Kier molecular flexibility index (Phi) is 6.25. The lowest BCUT2D eigenvalue weighted by Gasteiger charge is -2.19. The number of aliphatic hydroxyl groups is 1. The molecule has 2 aromatic heterocycles. The van der Waals surface area contributed by atoms with Gasteiger partial charge in [-0.2, -0.15) is 4.31 Å². The molecule has 4 rings (SSSR count). The summed E-state index contributed by atoms with van der Waals surface area (Å²) in [6, 6.07) is 4.32. The number of fused-ring (bicyclic) bond motifs is 1. The van der Waals surface area contributed by atoms with E-state index < -0.39 is 40.0 Å². The Balaban J connectivity index is 1.74. The number of nitrogens with one attached hydrogen (secondary N) is 1. The molecule has 2 N–H and O–H groups in total. The number of β-amino-alcohol motifs (C(OH)–C–C–N with tert-alkyl or cyclic N) is 1. The maximum atomic E-state index is 14.6. The summed E-state index contributed by atoms with van der Waals surface area (Å²) in [6.07, 6.45) is -2.05. The summed E-state index contributed by atoms with van der Waals surface area (Å²) in [7, 11) is -3.96. The van der Waals surface area contributed by atoms with Crippen molar-refractivity contribution in [1.29, 1.82) is 0 Å². The second-order valence-corrected chi connectivity index (χ2v) is 9.77. The van der Waals surface area contributed by atoms with Gasteiger partial charge in [0.05, 0.1) is 29.4 Å². The van der Waals surface area contributed by atoms with Crippen molar-refractivity contribution in [3.63, 3.8) is 0 Å². The van der Waals surface area contributed by atoms with Gasteiger partial charge in [-0.05, 0) is 26.3 Å². The zero-order valence-electron chi connectivity index (χ0n) is 17.8. The monoisotopic (exact) mass is 481 g/mol. The number of hydrogen-bond acceptors (Lipinski definition) is 7. The molecule has 0 amide bonds. The normalized spacial score (nSPS) is 18.2. The van der Waals surface area contributed by atoms with Gasteiger partial charge in [-0.25, -0.2) is 36.5 Å². The predicted octanol–water partition coefficient (Wildman–Crippen LogP) is 3.34. The molecule has 1 aromatic carbocycles. The van der Waals surface area contributed by atoms with Crippen LogP contribution in [0, 0.1) is 12.7 Å². The SMILES string of the molecule is Cc1nc(N[C@H](C)c2cccc(C(F)F)c2F)c2cc(S(=O)(=O)N3CC[C@H](O)C3)ncc2n1. The average Bonchev–Trinajstić information content (AvgIpc) is 3.20. The minimum absolute atomic E-state index is 0.0187. The fourth-order valence-electron chi connectivity index (χ4n) is 3.80. The Morgan fingerprint density at radius 1 is 1.24 bits per heavy atom. The van der Waals surface area contributed by atoms with E-state index >= 15 is 0 Å². The minimum atomic E-state index is -3.96. The highest BCUT2D eigenvalue weighted by Crippen LogP contribution is 2.31. The van der Waals surface area contributed by atoms with Crippen LogP contribution in [0.4, 0.5) is 19.0 Å². The Bertz CT molecular complexity index is 1310. The number of nitrogens with zero attached hydrogens (tertiary/aromatic N) is 4. The van der Waals surface area contributed by atoms with Crippen LogP contribution in [-0.2, 0) is 10.0 Å². The fourth-order valence-corrected chi connectivity index (χ4v) is 5.23. The van der Waals surface area contributed by atoms with Crippen LogP contribution in [0.3, 0.4) is 0 Å². The van der Waals surface area contributed by atoms with E-state index in [4.69, 9.17) is 0 Å². The zero-order valence-corrected chi connectivity index (χ0v) is 18.7. The smallest absolute Gasteiger partial charge is 0.266 e. The van der Waals surface area contributed by atoms with Crippen molar-refractivity contribution in [2.45, 2.75) is 43.9 Å². The van der Waals surface area contributed by atoms with Crippen LogP contribution in [0.2, 0.25) is 0 Å². The van der Waals surface area contributed by atoms with Gasteiger partial charge in [0, 0.05) is 24.0 Å². The van der Waals surface area contributed by atoms with Crippen LogP contribution < -0.4 is 5.32 Å². The quantitative estimate of drug-likeness (QED) is 0.556. The lowest BCUT2D eigenvalue weighted by molar-refractivity contribution is 0.146. The number of pyridine rings is 1. The molecule has 1 saturated heterocycles. The molecule has 12 heteroatoms. The topological polar surface area (TPSA) is 108 Å². The number of anilines is 1. The van der Waals surface area contributed by atoms with Crippen molar-refractivity contribution < 1.29 is 26.7 Å². The third-order valence-electron chi connectivity index (χ3n) is 5.51. The molecule has 0 unspecified atom stereocenters. The van der Waals surface area contributed by atoms with Crippen molar-refractivity contribution >= 4 is 26.7 Å². The molecular weight excluding hydrogens is 459 g/mol. The van der Waals surface area contributed by atoms with Crippen molar-refractivity contribution in [1.82, 2.24) is 19.3 Å². The van der Waals surface area contributed by atoms with Crippen molar-refractivity contribution in [2.24, 2.45) is 0 Å². The second kappa shape index (κ2) is 8.84. The molecule has 33 heavy (non-hydrogen) atoms. The molecular formula is C21H22F3N5O3S. The van der Waals surface area contributed by atoms with E-state index in [0.29, 0.717) is 23.1 Å². The van der Waals surface area contributed by atoms with E-state index in [0.717, 1.165) is 10.4 Å².